The van der Waals surface area contributed by atoms with Crippen molar-refractivity contribution in [1.82, 2.24) is 0 Å². The van der Waals surface area contributed by atoms with Gasteiger partial charge < -0.3 is 4.90 Å². The molecular formula is C41H46FN2+. The van der Waals surface area contributed by atoms with E-state index in [4.69, 9.17) is 0 Å². The van der Waals surface area contributed by atoms with Crippen molar-refractivity contribution in [2.75, 3.05) is 18.0 Å². The number of rotatable bonds is 9. The van der Waals surface area contributed by atoms with Crippen molar-refractivity contribution in [3.63, 3.8) is 0 Å². The van der Waals surface area contributed by atoms with Crippen LogP contribution in [0.5, 0.6) is 0 Å². The van der Waals surface area contributed by atoms with Crippen molar-refractivity contribution in [3.05, 3.63) is 131 Å². The quantitative estimate of drug-likeness (QED) is 0.226. The number of benzene rings is 3. The fourth-order valence-corrected chi connectivity index (χ4v) is 7.69. The van der Waals surface area contributed by atoms with Gasteiger partial charge in [0.2, 0.25) is 5.69 Å². The number of nitrogens with zero attached hydrogens (tertiary/aromatic N) is 2. The predicted octanol–water partition coefficient (Wildman–Crippen LogP) is 10.7. The van der Waals surface area contributed by atoms with E-state index >= 15 is 4.39 Å². The van der Waals surface area contributed by atoms with Gasteiger partial charge in [0, 0.05) is 58.6 Å². The first-order chi connectivity index (χ1) is 21.3. The highest BCUT2D eigenvalue weighted by Crippen LogP contribution is 2.51. The molecule has 0 fully saturated rings. The number of allylic oxidation sites excluding steroid dienone is 8. The first kappa shape index (κ1) is 30.1. The Balaban J connectivity index is 1.46. The van der Waals surface area contributed by atoms with E-state index < -0.39 is 0 Å². The Morgan fingerprint density at radius 2 is 1.39 bits per heavy atom. The highest BCUT2D eigenvalue weighted by Gasteiger charge is 2.46. The molecule has 0 bridgehead atoms. The molecule has 0 radical (unpaired) electrons. The van der Waals surface area contributed by atoms with Crippen molar-refractivity contribution in [2.24, 2.45) is 0 Å². The Morgan fingerprint density at radius 1 is 0.727 bits per heavy atom. The smallest absolute Gasteiger partial charge is 0.209 e. The molecule has 0 aromatic heterocycles. The van der Waals surface area contributed by atoms with Crippen molar-refractivity contribution < 1.29 is 8.97 Å². The first-order valence-electron chi connectivity index (χ1n) is 16.6. The van der Waals surface area contributed by atoms with E-state index in [1.54, 1.807) is 0 Å². The Labute approximate surface area is 263 Å². The van der Waals surface area contributed by atoms with Gasteiger partial charge in [-0.25, -0.2) is 4.39 Å². The molecule has 3 aromatic rings. The van der Waals surface area contributed by atoms with Gasteiger partial charge >= 0.3 is 0 Å². The third kappa shape index (κ3) is 4.55. The molecule has 3 aromatic carbocycles. The van der Waals surface area contributed by atoms with Gasteiger partial charge in [-0.3, -0.25) is 0 Å². The van der Waals surface area contributed by atoms with E-state index in [2.05, 4.69) is 124 Å². The summed E-state index contributed by atoms with van der Waals surface area (Å²) in [6, 6.07) is 25.7. The number of hydrogen-bond donors (Lipinski definition) is 0. The summed E-state index contributed by atoms with van der Waals surface area (Å²) in [5.41, 5.74) is 10.8. The Kier molecular flexibility index (Phi) is 8.09. The lowest BCUT2D eigenvalue weighted by Crippen LogP contribution is -2.30. The van der Waals surface area contributed by atoms with Crippen LogP contribution in [0.15, 0.2) is 109 Å². The van der Waals surface area contributed by atoms with Gasteiger partial charge in [-0.1, -0.05) is 88.4 Å². The van der Waals surface area contributed by atoms with E-state index in [1.807, 2.05) is 24.3 Å². The molecule has 0 N–H and O–H groups in total. The zero-order valence-corrected chi connectivity index (χ0v) is 27.3. The molecular weight excluding hydrogens is 539 g/mol. The molecule has 2 aliphatic heterocycles. The largest absolute Gasteiger partial charge is 0.344 e. The summed E-state index contributed by atoms with van der Waals surface area (Å²) in [7, 11) is 0. The van der Waals surface area contributed by atoms with Gasteiger partial charge in [-0.05, 0) is 74.1 Å². The molecule has 0 saturated heterocycles. The molecule has 6 rings (SSSR count). The summed E-state index contributed by atoms with van der Waals surface area (Å²) in [6.07, 6.45) is 12.5. The molecule has 2 unspecified atom stereocenters. The molecule has 2 heterocycles. The summed E-state index contributed by atoms with van der Waals surface area (Å²) in [6.45, 7) is 15.5. The average molecular weight is 586 g/mol. The fourth-order valence-electron chi connectivity index (χ4n) is 7.69. The van der Waals surface area contributed by atoms with Crippen molar-refractivity contribution in [2.45, 2.75) is 78.1 Å². The minimum atomic E-state index is -0.147. The van der Waals surface area contributed by atoms with E-state index in [0.29, 0.717) is 11.1 Å². The SMILES string of the molecule is CCCN1C(=CC=C2C(F)=C(C=CC3=[N+](CCC)c4ccccc4C3(C)CC)c3ccccc32)C(C)(CC)c2ccccc21. The predicted molar refractivity (Wildman–Crippen MR) is 186 cm³/mol. The molecule has 2 atom stereocenters. The van der Waals surface area contributed by atoms with Crippen LogP contribution in [0.1, 0.15) is 89.5 Å². The maximum Gasteiger partial charge on any atom is 0.209 e. The standard InChI is InChI=1S/C41H46FN2/c1-7-27-43-35-21-15-13-19-33(35)40(5,9-3)37(43)25-23-31-29-17-11-12-18-30(29)32(39(31)42)24-26-38-41(6,10-4)34-20-14-16-22-36(34)44(38)28-8-2/h11-26H,7-10,27-28H2,1-6H3/q+1. The van der Waals surface area contributed by atoms with Crippen LogP contribution in [0.3, 0.4) is 0 Å². The minimum absolute atomic E-state index is 0.120. The van der Waals surface area contributed by atoms with Crippen LogP contribution in [-0.2, 0) is 10.8 Å². The number of hydrogen-bond acceptors (Lipinski definition) is 1. The third-order valence-corrected chi connectivity index (χ3v) is 10.4. The number of fused-ring (bicyclic) bond motifs is 3. The van der Waals surface area contributed by atoms with E-state index in [1.165, 1.54) is 33.9 Å². The van der Waals surface area contributed by atoms with Crippen LogP contribution >= 0.6 is 0 Å². The lowest BCUT2D eigenvalue weighted by atomic mass is 9.77. The van der Waals surface area contributed by atoms with Crippen molar-refractivity contribution in [3.8, 4) is 0 Å². The first-order valence-corrected chi connectivity index (χ1v) is 16.6. The second-order valence-electron chi connectivity index (χ2n) is 12.8. The van der Waals surface area contributed by atoms with Gasteiger partial charge in [0.05, 0.1) is 5.41 Å². The maximum absolute atomic E-state index is 16.7. The van der Waals surface area contributed by atoms with E-state index in [9.17, 15) is 0 Å². The van der Waals surface area contributed by atoms with Gasteiger partial charge in [0.1, 0.15) is 12.4 Å². The zero-order valence-electron chi connectivity index (χ0n) is 27.3. The number of para-hydroxylation sites is 2. The molecule has 226 valence electrons. The minimum Gasteiger partial charge on any atom is -0.344 e. The van der Waals surface area contributed by atoms with Crippen LogP contribution in [-0.4, -0.2) is 23.4 Å². The van der Waals surface area contributed by atoms with Crippen molar-refractivity contribution >= 4 is 28.2 Å². The summed E-state index contributed by atoms with van der Waals surface area (Å²) >= 11 is 0. The lowest BCUT2D eigenvalue weighted by molar-refractivity contribution is -0.437. The molecule has 3 aliphatic rings. The Morgan fingerprint density at radius 3 is 2.09 bits per heavy atom. The van der Waals surface area contributed by atoms with Crippen LogP contribution in [0.4, 0.5) is 15.8 Å². The van der Waals surface area contributed by atoms with Gasteiger partial charge in [-0.15, -0.1) is 0 Å². The molecule has 44 heavy (non-hydrogen) atoms. The van der Waals surface area contributed by atoms with Gasteiger partial charge in [0.15, 0.2) is 5.71 Å². The van der Waals surface area contributed by atoms with Gasteiger partial charge in [-0.2, -0.15) is 4.58 Å². The Hall–Kier alpha value is -3.98. The van der Waals surface area contributed by atoms with Crippen LogP contribution in [0, 0.1) is 0 Å². The highest BCUT2D eigenvalue weighted by molar-refractivity contribution is 6.07. The number of anilines is 1. The lowest BCUT2D eigenvalue weighted by Gasteiger charge is -2.29. The number of halogens is 1. The average Bonchev–Trinajstić information content (AvgIpc) is 3.56. The van der Waals surface area contributed by atoms with Crippen LogP contribution in [0.25, 0.3) is 11.1 Å². The zero-order chi connectivity index (χ0) is 31.1. The summed E-state index contributed by atoms with van der Waals surface area (Å²) in [4.78, 5) is 2.45. The monoisotopic (exact) mass is 585 g/mol. The van der Waals surface area contributed by atoms with Gasteiger partial charge in [0.25, 0.3) is 0 Å². The second-order valence-corrected chi connectivity index (χ2v) is 12.8. The summed E-state index contributed by atoms with van der Waals surface area (Å²) < 4.78 is 19.1. The molecule has 0 amide bonds. The fraction of sp³-hybridized carbons (Fsp3) is 0.341. The summed E-state index contributed by atoms with van der Waals surface area (Å²) in [5.74, 6) is -0.147. The molecule has 1 aliphatic carbocycles. The van der Waals surface area contributed by atoms with Crippen LogP contribution in [0.2, 0.25) is 0 Å². The third-order valence-electron chi connectivity index (χ3n) is 10.4. The Bertz CT molecular complexity index is 1750. The topological polar surface area (TPSA) is 6.25 Å². The molecule has 0 spiro atoms. The van der Waals surface area contributed by atoms with Crippen molar-refractivity contribution in [1.29, 1.82) is 0 Å². The molecule has 2 nitrogen and oxygen atoms in total. The summed E-state index contributed by atoms with van der Waals surface area (Å²) in [5, 5.41) is 0. The van der Waals surface area contributed by atoms with E-state index in [-0.39, 0.29) is 16.7 Å². The normalized spacial score (nSPS) is 24.3. The second kappa shape index (κ2) is 11.8. The highest BCUT2D eigenvalue weighted by atomic mass is 19.1. The molecule has 3 heteroatoms. The maximum atomic E-state index is 16.7. The van der Waals surface area contributed by atoms with Crippen LogP contribution < -0.4 is 4.90 Å². The van der Waals surface area contributed by atoms with E-state index in [0.717, 1.165) is 49.9 Å². The molecule has 0 saturated carbocycles.